The lowest BCUT2D eigenvalue weighted by Gasteiger charge is -2.43. The summed E-state index contributed by atoms with van der Waals surface area (Å²) in [5.41, 5.74) is 2.37. The molecular formula is C28H27ClN2OSi. The third-order valence-electron chi connectivity index (χ3n) is 6.03. The maximum absolute atomic E-state index is 9.43. The second-order valence-corrected chi connectivity index (χ2v) is 13.8. The standard InChI is InChI=1S/C28H27ClN2OSi/c1-28(2,3)33(25-12-6-4-7-13-25,26-14-8-5-9-15-26)32-21-22-19-23(16-17-27(22)29)31-18-10-11-24(31)20-30/h4-19H,21H2,1-3H3. The molecule has 166 valence electrons. The molecule has 4 rings (SSSR count). The first-order valence-corrected chi connectivity index (χ1v) is 13.3. The quantitative estimate of drug-likeness (QED) is 0.320. The fourth-order valence-electron chi connectivity index (χ4n) is 4.47. The van der Waals surface area contributed by atoms with Gasteiger partial charge < -0.3 is 8.99 Å². The van der Waals surface area contributed by atoms with Gasteiger partial charge in [0.15, 0.2) is 0 Å². The van der Waals surface area contributed by atoms with Crippen LogP contribution in [-0.4, -0.2) is 12.9 Å². The SMILES string of the molecule is CC(C)(C)[Si](OCc1cc(-n2cccc2C#N)ccc1Cl)(c1ccccc1)c1ccccc1. The Morgan fingerprint density at radius 1 is 0.879 bits per heavy atom. The number of nitriles is 1. The normalized spacial score (nSPS) is 11.8. The Morgan fingerprint density at radius 3 is 2.03 bits per heavy atom. The molecule has 33 heavy (non-hydrogen) atoms. The third-order valence-corrected chi connectivity index (χ3v) is 11.4. The van der Waals surface area contributed by atoms with Gasteiger partial charge >= 0.3 is 0 Å². The summed E-state index contributed by atoms with van der Waals surface area (Å²) < 4.78 is 8.91. The van der Waals surface area contributed by atoms with Crippen molar-refractivity contribution in [3.63, 3.8) is 0 Å². The molecule has 0 unspecified atom stereocenters. The van der Waals surface area contributed by atoms with Crippen LogP contribution >= 0.6 is 11.6 Å². The Labute approximate surface area is 202 Å². The molecule has 3 nitrogen and oxygen atoms in total. The number of nitrogens with zero attached hydrogens (tertiary/aromatic N) is 2. The molecule has 0 fully saturated rings. The molecule has 0 aliphatic carbocycles. The molecule has 0 bridgehead atoms. The van der Waals surface area contributed by atoms with Crippen molar-refractivity contribution in [3.8, 4) is 11.8 Å². The van der Waals surface area contributed by atoms with Gasteiger partial charge in [0.05, 0.1) is 6.61 Å². The molecule has 0 spiro atoms. The summed E-state index contributed by atoms with van der Waals surface area (Å²) in [4.78, 5) is 0. The Balaban J connectivity index is 1.79. The maximum atomic E-state index is 9.43. The van der Waals surface area contributed by atoms with E-state index in [2.05, 4.69) is 75.4 Å². The Morgan fingerprint density at radius 2 is 1.48 bits per heavy atom. The van der Waals surface area contributed by atoms with Gasteiger partial charge in [-0.25, -0.2) is 0 Å². The van der Waals surface area contributed by atoms with Crippen molar-refractivity contribution in [3.05, 3.63) is 113 Å². The summed E-state index contributed by atoms with van der Waals surface area (Å²) in [6.45, 7) is 7.16. The molecule has 0 saturated heterocycles. The van der Waals surface area contributed by atoms with Crippen LogP contribution in [-0.2, 0) is 11.0 Å². The molecular weight excluding hydrogens is 444 g/mol. The van der Waals surface area contributed by atoms with Crippen molar-refractivity contribution in [2.75, 3.05) is 0 Å². The van der Waals surface area contributed by atoms with Crippen molar-refractivity contribution < 1.29 is 4.43 Å². The summed E-state index contributed by atoms with van der Waals surface area (Å²) >= 11 is 6.63. The van der Waals surface area contributed by atoms with Gasteiger partial charge in [-0.1, -0.05) is 93.0 Å². The first kappa shape index (κ1) is 23.1. The lowest BCUT2D eigenvalue weighted by molar-refractivity contribution is 0.286. The van der Waals surface area contributed by atoms with Crippen LogP contribution in [0.15, 0.2) is 97.2 Å². The topological polar surface area (TPSA) is 38.0 Å². The molecule has 1 aromatic heterocycles. The highest BCUT2D eigenvalue weighted by atomic mass is 35.5. The highest BCUT2D eigenvalue weighted by Gasteiger charge is 2.50. The Kier molecular flexibility index (Phi) is 6.58. The number of hydrogen-bond acceptors (Lipinski definition) is 2. The lowest BCUT2D eigenvalue weighted by Crippen LogP contribution is -2.66. The summed E-state index contributed by atoms with van der Waals surface area (Å²) in [6.07, 6.45) is 1.88. The number of hydrogen-bond donors (Lipinski definition) is 0. The van der Waals surface area contributed by atoms with E-state index >= 15 is 0 Å². The summed E-state index contributed by atoms with van der Waals surface area (Å²) in [5.74, 6) is 0. The van der Waals surface area contributed by atoms with Crippen molar-refractivity contribution >= 4 is 30.3 Å². The fraction of sp³-hybridized carbons (Fsp3) is 0.179. The van der Waals surface area contributed by atoms with Crippen LogP contribution in [0.3, 0.4) is 0 Å². The zero-order valence-electron chi connectivity index (χ0n) is 19.1. The van der Waals surface area contributed by atoms with Crippen LogP contribution in [0.25, 0.3) is 5.69 Å². The zero-order valence-corrected chi connectivity index (χ0v) is 20.9. The van der Waals surface area contributed by atoms with Gasteiger partial charge in [0, 0.05) is 16.9 Å². The molecule has 1 heterocycles. The van der Waals surface area contributed by atoms with E-state index in [0.717, 1.165) is 11.3 Å². The molecule has 0 saturated carbocycles. The Hall–Kier alpha value is -3.10. The number of aromatic nitrogens is 1. The lowest BCUT2D eigenvalue weighted by atomic mass is 10.2. The van der Waals surface area contributed by atoms with Crippen LogP contribution < -0.4 is 10.4 Å². The molecule has 3 aromatic carbocycles. The summed E-state index contributed by atoms with van der Waals surface area (Å²) in [5, 5.41) is 12.4. The molecule has 0 amide bonds. The van der Waals surface area contributed by atoms with Gasteiger partial charge in [0.1, 0.15) is 11.8 Å². The van der Waals surface area contributed by atoms with E-state index in [1.807, 2.05) is 47.2 Å². The van der Waals surface area contributed by atoms with Gasteiger partial charge in [-0.3, -0.25) is 0 Å². The highest BCUT2D eigenvalue weighted by Crippen LogP contribution is 2.37. The smallest absolute Gasteiger partial charge is 0.261 e. The van der Waals surface area contributed by atoms with Crippen LogP contribution in [0.2, 0.25) is 10.1 Å². The largest absolute Gasteiger partial charge is 0.403 e. The van der Waals surface area contributed by atoms with E-state index in [0.29, 0.717) is 17.3 Å². The van der Waals surface area contributed by atoms with Gasteiger partial charge in [-0.15, -0.1) is 0 Å². The first-order valence-electron chi connectivity index (χ1n) is 11.0. The van der Waals surface area contributed by atoms with Crippen molar-refractivity contribution in [2.45, 2.75) is 32.4 Å². The van der Waals surface area contributed by atoms with Crippen molar-refractivity contribution in [2.24, 2.45) is 0 Å². The van der Waals surface area contributed by atoms with E-state index < -0.39 is 8.32 Å². The first-order chi connectivity index (χ1) is 15.9. The van der Waals surface area contributed by atoms with Crippen LogP contribution in [0.4, 0.5) is 0 Å². The van der Waals surface area contributed by atoms with E-state index in [-0.39, 0.29) is 5.04 Å². The van der Waals surface area contributed by atoms with Crippen LogP contribution in [0.1, 0.15) is 32.0 Å². The number of halogens is 1. The van der Waals surface area contributed by atoms with Crippen LogP contribution in [0, 0.1) is 11.3 Å². The number of benzene rings is 3. The molecule has 0 radical (unpaired) electrons. The van der Waals surface area contributed by atoms with E-state index in [9.17, 15) is 5.26 Å². The minimum absolute atomic E-state index is 0.117. The van der Waals surface area contributed by atoms with E-state index in [1.54, 1.807) is 6.07 Å². The Bertz CT molecular complexity index is 1230. The van der Waals surface area contributed by atoms with Gasteiger partial charge in [-0.2, -0.15) is 5.26 Å². The summed E-state index contributed by atoms with van der Waals surface area (Å²) in [7, 11) is -2.67. The average Bonchev–Trinajstić information content (AvgIpc) is 3.30. The molecule has 4 aromatic rings. The molecule has 5 heteroatoms. The maximum Gasteiger partial charge on any atom is 0.261 e. The van der Waals surface area contributed by atoms with E-state index in [1.165, 1.54) is 10.4 Å². The predicted octanol–water partition coefficient (Wildman–Crippen LogP) is 6.08. The molecule has 0 N–H and O–H groups in total. The van der Waals surface area contributed by atoms with Gasteiger partial charge in [0.2, 0.25) is 0 Å². The molecule has 0 aliphatic rings. The second-order valence-electron chi connectivity index (χ2n) is 9.10. The fourth-order valence-corrected chi connectivity index (χ4v) is 9.17. The molecule has 0 aliphatic heterocycles. The van der Waals surface area contributed by atoms with Gasteiger partial charge in [0.25, 0.3) is 8.32 Å². The van der Waals surface area contributed by atoms with Gasteiger partial charge in [-0.05, 0) is 51.3 Å². The predicted molar refractivity (Wildman–Crippen MR) is 138 cm³/mol. The highest BCUT2D eigenvalue weighted by molar-refractivity contribution is 6.99. The van der Waals surface area contributed by atoms with E-state index in [4.69, 9.17) is 16.0 Å². The van der Waals surface area contributed by atoms with Crippen LogP contribution in [0.5, 0.6) is 0 Å². The number of rotatable bonds is 6. The molecule has 0 atom stereocenters. The average molecular weight is 471 g/mol. The zero-order chi connectivity index (χ0) is 23.5. The second kappa shape index (κ2) is 9.41. The monoisotopic (exact) mass is 470 g/mol. The van der Waals surface area contributed by atoms with Crippen molar-refractivity contribution in [1.29, 1.82) is 5.26 Å². The summed E-state index contributed by atoms with van der Waals surface area (Å²) in [6, 6.07) is 32.9. The minimum atomic E-state index is -2.67. The minimum Gasteiger partial charge on any atom is -0.403 e. The van der Waals surface area contributed by atoms with Crippen molar-refractivity contribution in [1.82, 2.24) is 4.57 Å². The third kappa shape index (κ3) is 4.40.